The van der Waals surface area contributed by atoms with Crippen LogP contribution >= 0.6 is 0 Å². The number of esters is 1. The highest BCUT2D eigenvalue weighted by Gasteiger charge is 2.25. The van der Waals surface area contributed by atoms with E-state index in [1.807, 2.05) is 39.0 Å². The first-order chi connectivity index (χ1) is 13.7. The fraction of sp³-hybridized carbons (Fsp3) is 0.409. The van der Waals surface area contributed by atoms with Gasteiger partial charge in [-0.3, -0.25) is 4.79 Å². The number of aromatic nitrogens is 1. The van der Waals surface area contributed by atoms with Crippen molar-refractivity contribution in [2.75, 3.05) is 25.0 Å². The Morgan fingerprint density at radius 1 is 1.07 bits per heavy atom. The van der Waals surface area contributed by atoms with Gasteiger partial charge in [-0.15, -0.1) is 0 Å². The molecule has 2 amide bonds. The number of aromatic amines is 1. The molecule has 0 fully saturated rings. The van der Waals surface area contributed by atoms with E-state index in [-0.39, 0.29) is 30.7 Å². The summed E-state index contributed by atoms with van der Waals surface area (Å²) < 4.78 is 5.03. The van der Waals surface area contributed by atoms with Crippen LogP contribution in [0.5, 0.6) is 0 Å². The van der Waals surface area contributed by atoms with Crippen molar-refractivity contribution in [1.29, 1.82) is 0 Å². The van der Waals surface area contributed by atoms with E-state index in [9.17, 15) is 14.4 Å². The molecule has 2 rings (SSSR count). The lowest BCUT2D eigenvalue weighted by molar-refractivity contribution is 0.0519. The molecule has 2 N–H and O–H groups in total. The van der Waals surface area contributed by atoms with Crippen molar-refractivity contribution in [3.63, 3.8) is 0 Å². The van der Waals surface area contributed by atoms with Gasteiger partial charge in [0.1, 0.15) is 5.69 Å². The Morgan fingerprint density at radius 3 is 2.24 bits per heavy atom. The second kappa shape index (κ2) is 9.41. The molecule has 0 bridgehead atoms. The zero-order valence-electron chi connectivity index (χ0n) is 17.9. The standard InChI is InChI=1S/C22H29N3O4/c1-7-25(22(28)24-19-13(3)10-9-11-14(19)4)12-17(26)18-15(5)20(23-16(18)6)21(27)29-8-2/h9-11,23H,7-8,12H2,1-6H3,(H,24,28). The van der Waals surface area contributed by atoms with Gasteiger partial charge in [-0.1, -0.05) is 18.2 Å². The number of amides is 2. The second-order valence-corrected chi connectivity index (χ2v) is 6.98. The van der Waals surface area contributed by atoms with Crippen molar-refractivity contribution in [1.82, 2.24) is 9.88 Å². The molecule has 1 aromatic carbocycles. The largest absolute Gasteiger partial charge is 0.461 e. The summed E-state index contributed by atoms with van der Waals surface area (Å²) in [4.78, 5) is 42.2. The van der Waals surface area contributed by atoms with Crippen molar-refractivity contribution < 1.29 is 19.1 Å². The van der Waals surface area contributed by atoms with Crippen molar-refractivity contribution in [2.24, 2.45) is 0 Å². The lowest BCUT2D eigenvalue weighted by atomic mass is 10.1. The highest BCUT2D eigenvalue weighted by molar-refractivity contribution is 6.05. The number of aryl methyl sites for hydroxylation is 3. The summed E-state index contributed by atoms with van der Waals surface area (Å²) in [6.45, 7) is 11.4. The minimum absolute atomic E-state index is 0.0882. The van der Waals surface area contributed by atoms with E-state index >= 15 is 0 Å². The number of Topliss-reactive ketones (excluding diaryl/α,β-unsaturated/α-hetero) is 1. The van der Waals surface area contributed by atoms with Gasteiger partial charge in [-0.2, -0.15) is 0 Å². The average molecular weight is 399 g/mol. The summed E-state index contributed by atoms with van der Waals surface area (Å²) in [6, 6.07) is 5.44. The number of H-pyrrole nitrogens is 1. The summed E-state index contributed by atoms with van der Waals surface area (Å²) in [6.07, 6.45) is 0. The Kier molecular flexibility index (Phi) is 7.20. The number of benzene rings is 1. The number of carbonyl (C=O) groups is 3. The van der Waals surface area contributed by atoms with Crippen LogP contribution in [0.2, 0.25) is 0 Å². The van der Waals surface area contributed by atoms with Crippen LogP contribution in [0.3, 0.4) is 0 Å². The van der Waals surface area contributed by atoms with E-state index in [1.165, 1.54) is 4.90 Å². The van der Waals surface area contributed by atoms with E-state index in [0.717, 1.165) is 16.8 Å². The molecule has 1 heterocycles. The van der Waals surface area contributed by atoms with E-state index < -0.39 is 5.97 Å². The van der Waals surface area contributed by atoms with Gasteiger partial charge in [0.25, 0.3) is 0 Å². The molecule has 2 aromatic rings. The van der Waals surface area contributed by atoms with Crippen LogP contribution in [0, 0.1) is 27.7 Å². The maximum absolute atomic E-state index is 12.9. The zero-order valence-corrected chi connectivity index (χ0v) is 17.9. The number of nitrogens with zero attached hydrogens (tertiary/aromatic N) is 1. The summed E-state index contributed by atoms with van der Waals surface area (Å²) in [7, 11) is 0. The molecule has 0 saturated heterocycles. The predicted octanol–water partition coefficient (Wildman–Crippen LogP) is 4.16. The molecule has 0 unspecified atom stereocenters. The third-order valence-corrected chi connectivity index (χ3v) is 4.91. The van der Waals surface area contributed by atoms with Crippen molar-refractivity contribution >= 4 is 23.5 Å². The minimum Gasteiger partial charge on any atom is -0.461 e. The number of likely N-dealkylation sites (N-methyl/N-ethyl adjacent to an activating group) is 1. The number of hydrogen-bond donors (Lipinski definition) is 2. The van der Waals surface area contributed by atoms with Gasteiger partial charge in [0.15, 0.2) is 5.78 Å². The molecule has 0 radical (unpaired) electrons. The van der Waals surface area contributed by atoms with Gasteiger partial charge < -0.3 is 19.9 Å². The molecule has 29 heavy (non-hydrogen) atoms. The number of carbonyl (C=O) groups excluding carboxylic acids is 3. The van der Waals surface area contributed by atoms with Crippen LogP contribution < -0.4 is 5.32 Å². The maximum Gasteiger partial charge on any atom is 0.355 e. The van der Waals surface area contributed by atoms with E-state index in [4.69, 9.17) is 4.74 Å². The Morgan fingerprint density at radius 2 is 1.69 bits per heavy atom. The van der Waals surface area contributed by atoms with Crippen LogP contribution in [0.4, 0.5) is 10.5 Å². The summed E-state index contributed by atoms with van der Waals surface area (Å²) in [5.74, 6) is -0.724. The second-order valence-electron chi connectivity index (χ2n) is 6.98. The Bertz CT molecular complexity index is 910. The summed E-state index contributed by atoms with van der Waals surface area (Å²) >= 11 is 0. The Labute approximate surface area is 171 Å². The third kappa shape index (κ3) is 4.85. The highest BCUT2D eigenvalue weighted by atomic mass is 16.5. The molecule has 0 aliphatic rings. The molecule has 0 saturated carbocycles. The first-order valence-corrected chi connectivity index (χ1v) is 9.72. The number of hydrogen-bond acceptors (Lipinski definition) is 4. The SMILES string of the molecule is CCOC(=O)c1[nH]c(C)c(C(=O)CN(CC)C(=O)Nc2c(C)cccc2C)c1C. The quantitative estimate of drug-likeness (QED) is 0.540. The summed E-state index contributed by atoms with van der Waals surface area (Å²) in [5, 5.41) is 2.91. The number of rotatable bonds is 7. The molecule has 7 heteroatoms. The molecule has 0 aliphatic heterocycles. The molecule has 0 aliphatic carbocycles. The number of anilines is 1. The molecular formula is C22H29N3O4. The number of ketones is 1. The minimum atomic E-state index is -0.493. The van der Waals surface area contributed by atoms with Gasteiger partial charge in [0, 0.05) is 23.5 Å². The number of urea groups is 1. The fourth-order valence-electron chi connectivity index (χ4n) is 3.35. The average Bonchev–Trinajstić information content (AvgIpc) is 2.97. The van der Waals surface area contributed by atoms with Gasteiger partial charge in [0.2, 0.25) is 0 Å². The first kappa shape index (κ1) is 22.2. The summed E-state index contributed by atoms with van der Waals surface area (Å²) in [5.41, 5.74) is 4.48. The van der Waals surface area contributed by atoms with Gasteiger partial charge in [-0.05, 0) is 58.2 Å². The topological polar surface area (TPSA) is 91.5 Å². The van der Waals surface area contributed by atoms with E-state index in [2.05, 4.69) is 10.3 Å². The molecular weight excluding hydrogens is 370 g/mol. The number of para-hydroxylation sites is 1. The third-order valence-electron chi connectivity index (χ3n) is 4.91. The zero-order chi connectivity index (χ0) is 21.7. The van der Waals surface area contributed by atoms with Crippen LogP contribution in [0.1, 0.15) is 57.1 Å². The molecule has 0 atom stereocenters. The molecule has 156 valence electrons. The Balaban J connectivity index is 2.20. The molecule has 0 spiro atoms. The van der Waals surface area contributed by atoms with Gasteiger partial charge >= 0.3 is 12.0 Å². The lowest BCUT2D eigenvalue weighted by Crippen LogP contribution is -2.39. The van der Waals surface area contributed by atoms with Crippen LogP contribution in [0.25, 0.3) is 0 Å². The van der Waals surface area contributed by atoms with Gasteiger partial charge in [-0.25, -0.2) is 9.59 Å². The number of ether oxygens (including phenoxy) is 1. The van der Waals surface area contributed by atoms with E-state index in [1.54, 1.807) is 20.8 Å². The molecule has 1 aromatic heterocycles. The number of nitrogens with one attached hydrogen (secondary N) is 2. The van der Waals surface area contributed by atoms with Crippen molar-refractivity contribution in [2.45, 2.75) is 41.5 Å². The maximum atomic E-state index is 12.9. The first-order valence-electron chi connectivity index (χ1n) is 9.72. The smallest absolute Gasteiger partial charge is 0.355 e. The normalized spacial score (nSPS) is 10.6. The fourth-order valence-corrected chi connectivity index (χ4v) is 3.35. The predicted molar refractivity (Wildman–Crippen MR) is 113 cm³/mol. The van der Waals surface area contributed by atoms with Crippen LogP contribution in [-0.4, -0.2) is 47.4 Å². The van der Waals surface area contributed by atoms with E-state index in [0.29, 0.717) is 23.4 Å². The Hall–Kier alpha value is -3.09. The lowest BCUT2D eigenvalue weighted by Gasteiger charge is -2.22. The van der Waals surface area contributed by atoms with Crippen LogP contribution in [-0.2, 0) is 4.74 Å². The van der Waals surface area contributed by atoms with Crippen molar-refractivity contribution in [3.8, 4) is 0 Å². The van der Waals surface area contributed by atoms with Gasteiger partial charge in [0.05, 0.1) is 13.2 Å². The highest BCUT2D eigenvalue weighted by Crippen LogP contribution is 2.22. The molecule has 7 nitrogen and oxygen atoms in total. The van der Waals surface area contributed by atoms with Crippen molar-refractivity contribution in [3.05, 3.63) is 51.8 Å². The monoisotopic (exact) mass is 399 g/mol. The van der Waals surface area contributed by atoms with Crippen LogP contribution in [0.15, 0.2) is 18.2 Å².